The molecule has 2 heterocycles. The number of halogens is 1. The van der Waals surface area contributed by atoms with E-state index in [1.807, 2.05) is 18.2 Å². The van der Waals surface area contributed by atoms with Crippen molar-refractivity contribution in [2.45, 2.75) is 26.4 Å². The minimum absolute atomic E-state index is 0.0643. The van der Waals surface area contributed by atoms with Gasteiger partial charge in [-0.3, -0.25) is 15.0 Å². The molecule has 0 N–H and O–H groups in total. The number of esters is 1. The van der Waals surface area contributed by atoms with Gasteiger partial charge in [-0.2, -0.15) is 0 Å². The van der Waals surface area contributed by atoms with Crippen molar-refractivity contribution in [2.75, 3.05) is 13.2 Å². The summed E-state index contributed by atoms with van der Waals surface area (Å²) in [5.74, 6) is -0.388. The summed E-state index contributed by atoms with van der Waals surface area (Å²) in [4.78, 5) is 31.4. The number of hydrogen-bond acceptors (Lipinski definition) is 7. The van der Waals surface area contributed by atoms with E-state index >= 15 is 0 Å². The molecule has 0 radical (unpaired) electrons. The molecule has 170 valence electrons. The third-order valence-electron chi connectivity index (χ3n) is 5.34. The molecule has 1 aliphatic heterocycles. The molecule has 0 bridgehead atoms. The molecule has 0 saturated carbocycles. The summed E-state index contributed by atoms with van der Waals surface area (Å²) in [7, 11) is 0. The van der Waals surface area contributed by atoms with E-state index in [-0.39, 0.29) is 23.3 Å². The molecule has 1 aliphatic rings. The zero-order valence-corrected chi connectivity index (χ0v) is 19.6. The Kier molecular flexibility index (Phi) is 7.17. The van der Waals surface area contributed by atoms with Crippen molar-refractivity contribution in [3.8, 4) is 0 Å². The molecular formula is C24H22ClN3O4S. The van der Waals surface area contributed by atoms with Gasteiger partial charge in [0.25, 0.3) is 5.69 Å². The number of aliphatic imine (C=N–C) groups is 1. The molecule has 2 aromatic carbocycles. The monoisotopic (exact) mass is 483 g/mol. The van der Waals surface area contributed by atoms with Crippen LogP contribution in [-0.2, 0) is 24.2 Å². The molecule has 0 spiro atoms. The summed E-state index contributed by atoms with van der Waals surface area (Å²) in [6.07, 6.45) is 2.25. The van der Waals surface area contributed by atoms with Crippen molar-refractivity contribution < 1.29 is 14.5 Å². The first kappa shape index (κ1) is 23.1. The predicted octanol–water partition coefficient (Wildman–Crippen LogP) is 5.80. The average Bonchev–Trinajstić information content (AvgIpc) is 3.17. The van der Waals surface area contributed by atoms with Gasteiger partial charge in [0.1, 0.15) is 10.0 Å². The molecule has 0 aliphatic carbocycles. The van der Waals surface area contributed by atoms with Crippen LogP contribution in [0.15, 0.2) is 53.5 Å². The van der Waals surface area contributed by atoms with Gasteiger partial charge in [-0.1, -0.05) is 48.0 Å². The van der Waals surface area contributed by atoms with E-state index in [2.05, 4.69) is 22.0 Å². The fourth-order valence-electron chi connectivity index (χ4n) is 3.81. The summed E-state index contributed by atoms with van der Waals surface area (Å²) in [5.41, 5.74) is 3.06. The molecule has 0 amide bonds. The van der Waals surface area contributed by atoms with Crippen molar-refractivity contribution >= 4 is 45.8 Å². The van der Waals surface area contributed by atoms with Crippen LogP contribution in [0.5, 0.6) is 0 Å². The van der Waals surface area contributed by atoms with Crippen LogP contribution in [-0.4, -0.2) is 35.2 Å². The van der Waals surface area contributed by atoms with Crippen LogP contribution >= 0.6 is 22.9 Å². The summed E-state index contributed by atoms with van der Waals surface area (Å²) in [5, 5.41) is 11.8. The Morgan fingerprint density at radius 3 is 2.82 bits per heavy atom. The Hall–Kier alpha value is -3.07. The van der Waals surface area contributed by atoms with E-state index in [0.29, 0.717) is 16.1 Å². The van der Waals surface area contributed by atoms with Crippen LogP contribution in [0.2, 0.25) is 5.02 Å². The Morgan fingerprint density at radius 2 is 2.09 bits per heavy atom. The highest BCUT2D eigenvalue weighted by Crippen LogP contribution is 2.40. The van der Waals surface area contributed by atoms with Crippen LogP contribution in [0.3, 0.4) is 0 Å². The van der Waals surface area contributed by atoms with E-state index in [9.17, 15) is 14.9 Å². The summed E-state index contributed by atoms with van der Waals surface area (Å²) in [6.45, 7) is 4.44. The number of ether oxygens (including phenoxy) is 1. The van der Waals surface area contributed by atoms with Gasteiger partial charge in [0, 0.05) is 36.8 Å². The van der Waals surface area contributed by atoms with Crippen LogP contribution in [0, 0.1) is 10.1 Å². The third-order valence-corrected chi connectivity index (χ3v) is 6.79. The van der Waals surface area contributed by atoms with Crippen molar-refractivity contribution in [3.05, 3.63) is 90.8 Å². The van der Waals surface area contributed by atoms with Gasteiger partial charge in [-0.15, -0.1) is 11.3 Å². The number of nitro groups is 1. The maximum atomic E-state index is 12.8. The normalized spacial score (nSPS) is 13.8. The van der Waals surface area contributed by atoms with E-state index in [1.54, 1.807) is 13.0 Å². The molecule has 0 saturated heterocycles. The molecule has 0 unspecified atom stereocenters. The van der Waals surface area contributed by atoms with Gasteiger partial charge >= 0.3 is 5.97 Å². The lowest BCUT2D eigenvalue weighted by atomic mass is 10.0. The average molecular weight is 484 g/mol. The molecular weight excluding hydrogens is 462 g/mol. The fraction of sp³-hybridized carbons (Fsp3) is 0.250. The van der Waals surface area contributed by atoms with E-state index in [1.165, 1.54) is 35.2 Å². The second-order valence-corrected chi connectivity index (χ2v) is 9.07. The number of thiophene rings is 1. The summed E-state index contributed by atoms with van der Waals surface area (Å²) < 4.78 is 5.31. The minimum Gasteiger partial charge on any atom is -0.462 e. The first-order valence-corrected chi connectivity index (χ1v) is 11.7. The highest BCUT2D eigenvalue weighted by atomic mass is 35.5. The number of fused-ring (bicyclic) bond motifs is 1. The van der Waals surface area contributed by atoms with Gasteiger partial charge < -0.3 is 4.74 Å². The van der Waals surface area contributed by atoms with Crippen LogP contribution in [0.4, 0.5) is 10.7 Å². The van der Waals surface area contributed by atoms with Crippen molar-refractivity contribution in [1.29, 1.82) is 0 Å². The molecule has 7 nitrogen and oxygen atoms in total. The lowest BCUT2D eigenvalue weighted by Gasteiger charge is -2.27. The molecule has 0 atom stereocenters. The highest BCUT2D eigenvalue weighted by Gasteiger charge is 2.28. The maximum absolute atomic E-state index is 12.8. The SMILES string of the molecule is CCOC(=O)c1c(N=Cc2ccc(Cl)c([N+](=O)[O-])c2)sc2c1CCN(Cc1ccccc1)C2. The fourth-order valence-corrected chi connectivity index (χ4v) is 5.21. The Balaban J connectivity index is 1.63. The van der Waals surface area contributed by atoms with Gasteiger partial charge in [-0.25, -0.2) is 9.79 Å². The van der Waals surface area contributed by atoms with Gasteiger partial charge in [0.2, 0.25) is 0 Å². The molecule has 9 heteroatoms. The third kappa shape index (κ3) is 5.30. The van der Waals surface area contributed by atoms with Gasteiger partial charge in [-0.05, 0) is 36.1 Å². The van der Waals surface area contributed by atoms with Crippen LogP contribution in [0.25, 0.3) is 0 Å². The molecule has 33 heavy (non-hydrogen) atoms. The van der Waals surface area contributed by atoms with E-state index < -0.39 is 4.92 Å². The lowest BCUT2D eigenvalue weighted by molar-refractivity contribution is -0.384. The van der Waals surface area contributed by atoms with Crippen molar-refractivity contribution in [3.63, 3.8) is 0 Å². The van der Waals surface area contributed by atoms with Gasteiger partial charge in [0.15, 0.2) is 0 Å². The number of benzene rings is 2. The Morgan fingerprint density at radius 1 is 1.30 bits per heavy atom. The first-order valence-electron chi connectivity index (χ1n) is 10.5. The standard InChI is InChI=1S/C24H22ClN3O4S/c1-2-32-24(29)22-18-10-11-27(14-16-6-4-3-5-7-16)15-21(18)33-23(22)26-13-17-8-9-19(25)20(12-17)28(30)31/h3-9,12-13H,2,10-11,14-15H2,1H3. The topological polar surface area (TPSA) is 85.0 Å². The van der Waals surface area contributed by atoms with Crippen LogP contribution < -0.4 is 0 Å². The zero-order valence-electron chi connectivity index (χ0n) is 18.0. The smallest absolute Gasteiger partial charge is 0.341 e. The summed E-state index contributed by atoms with van der Waals surface area (Å²) >= 11 is 7.36. The largest absolute Gasteiger partial charge is 0.462 e. The second-order valence-electron chi connectivity index (χ2n) is 7.58. The number of nitrogens with zero attached hydrogens (tertiary/aromatic N) is 3. The predicted molar refractivity (Wildman–Crippen MR) is 130 cm³/mol. The number of nitro benzene ring substituents is 1. The summed E-state index contributed by atoms with van der Waals surface area (Å²) in [6, 6.07) is 14.8. The van der Waals surface area contributed by atoms with Crippen LogP contribution in [0.1, 0.15) is 38.8 Å². The molecule has 4 rings (SSSR count). The minimum atomic E-state index is -0.533. The Labute approximate surface area is 200 Å². The molecule has 1 aromatic heterocycles. The van der Waals surface area contributed by atoms with Crippen molar-refractivity contribution in [2.24, 2.45) is 4.99 Å². The Bertz CT molecular complexity index is 1210. The highest BCUT2D eigenvalue weighted by molar-refractivity contribution is 7.16. The number of hydrogen-bond donors (Lipinski definition) is 0. The maximum Gasteiger partial charge on any atom is 0.341 e. The molecule has 0 fully saturated rings. The zero-order chi connectivity index (χ0) is 23.4. The lowest BCUT2D eigenvalue weighted by Crippen LogP contribution is -2.29. The first-order chi connectivity index (χ1) is 16.0. The number of carbonyl (C=O) groups is 1. The number of rotatable bonds is 7. The van der Waals surface area contributed by atoms with Crippen molar-refractivity contribution in [1.82, 2.24) is 4.90 Å². The quantitative estimate of drug-likeness (QED) is 0.183. The van der Waals surface area contributed by atoms with E-state index in [0.717, 1.165) is 36.5 Å². The second kappa shape index (κ2) is 10.2. The van der Waals surface area contributed by atoms with E-state index in [4.69, 9.17) is 16.3 Å². The number of carbonyl (C=O) groups excluding carboxylic acids is 1. The van der Waals surface area contributed by atoms with Gasteiger partial charge in [0.05, 0.1) is 17.1 Å². The molecule has 3 aromatic rings.